The second kappa shape index (κ2) is 4.80. The summed E-state index contributed by atoms with van der Waals surface area (Å²) in [5, 5.41) is 0. The fraction of sp³-hybridized carbons (Fsp3) is 0.588. The summed E-state index contributed by atoms with van der Waals surface area (Å²) in [7, 11) is 0. The van der Waals surface area contributed by atoms with E-state index in [0.717, 1.165) is 23.5 Å². The Morgan fingerprint density at radius 1 is 1.40 bits per heavy atom. The summed E-state index contributed by atoms with van der Waals surface area (Å²) in [5.41, 5.74) is 0.884. The molecule has 0 amide bonds. The molecule has 3 nitrogen and oxygen atoms in total. The van der Waals surface area contributed by atoms with Gasteiger partial charge in [0.25, 0.3) is 0 Å². The highest BCUT2D eigenvalue weighted by Gasteiger charge is 2.47. The number of carbonyl (C=O) groups excluding carboxylic acids is 1. The van der Waals surface area contributed by atoms with E-state index in [1.165, 1.54) is 0 Å². The normalized spacial score (nSPS) is 27.2. The molecule has 1 aliphatic heterocycles. The van der Waals surface area contributed by atoms with Gasteiger partial charge in [0, 0.05) is 30.2 Å². The zero-order chi connectivity index (χ0) is 14.3. The van der Waals surface area contributed by atoms with Crippen LogP contribution in [0.3, 0.4) is 0 Å². The number of carbonyl (C=O) groups is 1. The van der Waals surface area contributed by atoms with Gasteiger partial charge < -0.3 is 9.47 Å². The first-order chi connectivity index (χ1) is 9.53. The number of fused-ring (bicyclic) bond motifs is 3. The highest BCUT2D eigenvalue weighted by Crippen LogP contribution is 2.53. The number of benzene rings is 1. The van der Waals surface area contributed by atoms with Crippen molar-refractivity contribution < 1.29 is 14.3 Å². The van der Waals surface area contributed by atoms with Gasteiger partial charge >= 0.3 is 0 Å². The molecule has 0 radical (unpaired) electrons. The van der Waals surface area contributed by atoms with Crippen molar-refractivity contribution in [2.75, 3.05) is 6.61 Å². The molecule has 2 atom stereocenters. The first-order valence-corrected chi connectivity index (χ1v) is 7.49. The smallest absolute Gasteiger partial charge is 0.133 e. The van der Waals surface area contributed by atoms with Gasteiger partial charge in [-0.2, -0.15) is 0 Å². The van der Waals surface area contributed by atoms with Gasteiger partial charge in [-0.25, -0.2) is 0 Å². The average Bonchev–Trinajstić information content (AvgIpc) is 2.38. The Morgan fingerprint density at radius 3 is 2.95 bits per heavy atom. The number of hydrogen-bond acceptors (Lipinski definition) is 3. The van der Waals surface area contributed by atoms with Gasteiger partial charge in [-0.15, -0.1) is 0 Å². The third kappa shape index (κ3) is 2.09. The number of ketones is 1. The quantitative estimate of drug-likeness (QED) is 0.824. The van der Waals surface area contributed by atoms with E-state index in [0.29, 0.717) is 31.1 Å². The summed E-state index contributed by atoms with van der Waals surface area (Å²) in [6.07, 6.45) is 2.21. The molecule has 0 bridgehead atoms. The van der Waals surface area contributed by atoms with Crippen LogP contribution >= 0.6 is 0 Å². The van der Waals surface area contributed by atoms with Gasteiger partial charge in [0.1, 0.15) is 22.9 Å². The van der Waals surface area contributed by atoms with Crippen LogP contribution in [0.5, 0.6) is 11.5 Å². The predicted molar refractivity (Wildman–Crippen MR) is 77.4 cm³/mol. The monoisotopic (exact) mass is 274 g/mol. The molecule has 0 N–H and O–H groups in total. The van der Waals surface area contributed by atoms with Crippen molar-refractivity contribution in [2.45, 2.75) is 51.6 Å². The maximum Gasteiger partial charge on any atom is 0.133 e. The van der Waals surface area contributed by atoms with E-state index in [2.05, 4.69) is 13.8 Å². The van der Waals surface area contributed by atoms with E-state index < -0.39 is 0 Å². The molecule has 1 saturated carbocycles. The molecule has 2 aliphatic rings. The van der Waals surface area contributed by atoms with E-state index in [4.69, 9.17) is 9.47 Å². The van der Waals surface area contributed by atoms with Crippen LogP contribution in [0.2, 0.25) is 0 Å². The van der Waals surface area contributed by atoms with Crippen molar-refractivity contribution in [3.8, 4) is 11.5 Å². The highest BCUT2D eigenvalue weighted by atomic mass is 16.5. The fourth-order valence-electron chi connectivity index (χ4n) is 3.76. The second-order valence-corrected chi connectivity index (χ2v) is 6.30. The van der Waals surface area contributed by atoms with Crippen molar-refractivity contribution in [3.63, 3.8) is 0 Å². The van der Waals surface area contributed by atoms with Crippen LogP contribution in [0.25, 0.3) is 0 Å². The molecule has 0 aromatic heterocycles. The molecule has 3 rings (SSSR count). The number of hydrogen-bond donors (Lipinski definition) is 0. The van der Waals surface area contributed by atoms with Crippen LogP contribution in [0.1, 0.15) is 51.5 Å². The van der Waals surface area contributed by atoms with Crippen LogP contribution in [0, 0.1) is 5.92 Å². The highest BCUT2D eigenvalue weighted by molar-refractivity contribution is 5.81. The van der Waals surface area contributed by atoms with Gasteiger partial charge in [-0.1, -0.05) is 6.07 Å². The Morgan fingerprint density at radius 2 is 2.20 bits per heavy atom. The first kappa shape index (κ1) is 13.5. The van der Waals surface area contributed by atoms with E-state index in [1.54, 1.807) is 0 Å². The van der Waals surface area contributed by atoms with Gasteiger partial charge in [0.2, 0.25) is 0 Å². The van der Waals surface area contributed by atoms with Crippen LogP contribution in [0.15, 0.2) is 18.2 Å². The summed E-state index contributed by atoms with van der Waals surface area (Å²) >= 11 is 0. The minimum absolute atomic E-state index is 0.219. The molecule has 0 spiro atoms. The fourth-order valence-corrected chi connectivity index (χ4v) is 3.76. The van der Waals surface area contributed by atoms with Gasteiger partial charge in [0.05, 0.1) is 6.61 Å². The van der Waals surface area contributed by atoms with Crippen LogP contribution in [0.4, 0.5) is 0 Å². The number of ether oxygens (including phenoxy) is 2. The molecule has 3 heteroatoms. The van der Waals surface area contributed by atoms with Crippen molar-refractivity contribution in [2.24, 2.45) is 5.92 Å². The number of Topliss-reactive ketones (excluding diaryl/α,β-unsaturated/α-hetero) is 1. The summed E-state index contributed by atoms with van der Waals surface area (Å²) in [6.45, 7) is 6.88. The Hall–Kier alpha value is -1.51. The summed E-state index contributed by atoms with van der Waals surface area (Å²) in [4.78, 5) is 11.9. The van der Waals surface area contributed by atoms with Gasteiger partial charge in [-0.3, -0.25) is 4.79 Å². The van der Waals surface area contributed by atoms with Crippen LogP contribution in [-0.2, 0) is 4.79 Å². The Kier molecular flexibility index (Phi) is 3.23. The molecular formula is C17H22O3. The summed E-state index contributed by atoms with van der Waals surface area (Å²) in [6, 6.07) is 5.94. The molecule has 1 aromatic rings. The average molecular weight is 274 g/mol. The zero-order valence-electron chi connectivity index (χ0n) is 12.4. The lowest BCUT2D eigenvalue weighted by Gasteiger charge is -2.47. The van der Waals surface area contributed by atoms with Crippen LogP contribution < -0.4 is 9.47 Å². The Labute approximate surface area is 120 Å². The lowest BCUT2D eigenvalue weighted by molar-refractivity contribution is -0.124. The van der Waals surface area contributed by atoms with Gasteiger partial charge in [-0.05, 0) is 39.3 Å². The van der Waals surface area contributed by atoms with Crippen molar-refractivity contribution in [1.82, 2.24) is 0 Å². The zero-order valence-corrected chi connectivity index (χ0v) is 12.4. The molecule has 2 unspecified atom stereocenters. The summed E-state index contributed by atoms with van der Waals surface area (Å²) in [5.74, 6) is 2.75. The van der Waals surface area contributed by atoms with E-state index in [1.807, 2.05) is 25.1 Å². The first-order valence-electron chi connectivity index (χ1n) is 7.49. The third-order valence-corrected chi connectivity index (χ3v) is 4.63. The number of rotatable bonds is 2. The minimum atomic E-state index is -0.219. The SMILES string of the molecule is CCOc1cccc2c1C1CC(=O)CCC1C(C)(C)O2. The molecule has 108 valence electrons. The third-order valence-electron chi connectivity index (χ3n) is 4.63. The van der Waals surface area contributed by atoms with Crippen molar-refractivity contribution in [3.05, 3.63) is 23.8 Å². The van der Waals surface area contributed by atoms with E-state index in [9.17, 15) is 4.79 Å². The van der Waals surface area contributed by atoms with Crippen molar-refractivity contribution >= 4 is 5.78 Å². The molecular weight excluding hydrogens is 252 g/mol. The largest absolute Gasteiger partial charge is 0.493 e. The minimum Gasteiger partial charge on any atom is -0.493 e. The summed E-state index contributed by atoms with van der Waals surface area (Å²) < 4.78 is 12.0. The topological polar surface area (TPSA) is 35.5 Å². The van der Waals surface area contributed by atoms with E-state index in [-0.39, 0.29) is 11.5 Å². The van der Waals surface area contributed by atoms with Crippen LogP contribution in [-0.4, -0.2) is 18.0 Å². The molecule has 20 heavy (non-hydrogen) atoms. The Balaban J connectivity index is 2.10. The van der Waals surface area contributed by atoms with Crippen molar-refractivity contribution in [1.29, 1.82) is 0 Å². The standard InChI is InChI=1S/C17H22O3/c1-4-19-14-6-5-7-15-16(14)12-10-11(18)8-9-13(12)17(2,3)20-15/h5-7,12-13H,4,8-10H2,1-3H3. The molecule has 1 aromatic carbocycles. The maximum absolute atomic E-state index is 11.9. The lowest BCUT2D eigenvalue weighted by atomic mass is 9.66. The molecule has 0 saturated heterocycles. The predicted octanol–water partition coefficient (Wildman–Crippen LogP) is 3.71. The maximum atomic E-state index is 11.9. The van der Waals surface area contributed by atoms with E-state index >= 15 is 0 Å². The Bertz CT molecular complexity index is 533. The lowest BCUT2D eigenvalue weighted by Crippen LogP contribution is -2.47. The second-order valence-electron chi connectivity index (χ2n) is 6.30. The van der Waals surface area contributed by atoms with Gasteiger partial charge in [0.15, 0.2) is 0 Å². The molecule has 1 fully saturated rings. The molecule has 1 aliphatic carbocycles. The molecule has 1 heterocycles.